The van der Waals surface area contributed by atoms with Crippen molar-refractivity contribution < 1.29 is 33.4 Å². The van der Waals surface area contributed by atoms with Crippen LogP contribution >= 0.6 is 0 Å². The Kier molecular flexibility index (Phi) is 9.30. The standard InChI is InChI=1S/C26H24FNO6/c27-22(16-28-33-17-19-10-4-1-5-11-19)24(34-26(31)21-14-8-3-9-15-21)23(29)18-32-25(30)20-12-6-2-7-13-20/h1-16,22-24,29H,17-18H2. The fraction of sp³-hybridized carbons (Fsp3) is 0.192. The summed E-state index contributed by atoms with van der Waals surface area (Å²) in [6.07, 6.45) is -4.60. The first-order valence-electron chi connectivity index (χ1n) is 10.5. The topological polar surface area (TPSA) is 94.4 Å². The van der Waals surface area contributed by atoms with Gasteiger partial charge in [0.05, 0.1) is 17.3 Å². The molecule has 3 aromatic rings. The Hall–Kier alpha value is -4.04. The Balaban J connectivity index is 1.64. The van der Waals surface area contributed by atoms with Crippen LogP contribution in [0, 0.1) is 0 Å². The van der Waals surface area contributed by atoms with Crippen molar-refractivity contribution in [3.63, 3.8) is 0 Å². The van der Waals surface area contributed by atoms with Crippen LogP contribution < -0.4 is 0 Å². The van der Waals surface area contributed by atoms with Gasteiger partial charge in [0.15, 0.2) is 12.3 Å². The fourth-order valence-corrected chi connectivity index (χ4v) is 2.91. The smallest absolute Gasteiger partial charge is 0.338 e. The van der Waals surface area contributed by atoms with Gasteiger partial charge in [-0.3, -0.25) is 0 Å². The highest BCUT2D eigenvalue weighted by atomic mass is 19.1. The highest BCUT2D eigenvalue weighted by molar-refractivity contribution is 5.90. The van der Waals surface area contributed by atoms with Gasteiger partial charge < -0.3 is 19.4 Å². The van der Waals surface area contributed by atoms with Gasteiger partial charge in [-0.25, -0.2) is 14.0 Å². The molecule has 3 unspecified atom stereocenters. The summed E-state index contributed by atoms with van der Waals surface area (Å²) in [5.74, 6) is -1.55. The maximum atomic E-state index is 15.0. The van der Waals surface area contributed by atoms with Crippen molar-refractivity contribution in [3.05, 3.63) is 108 Å². The molecule has 176 valence electrons. The lowest BCUT2D eigenvalue weighted by Gasteiger charge is -2.24. The maximum absolute atomic E-state index is 15.0. The van der Waals surface area contributed by atoms with Crippen LogP contribution in [0.4, 0.5) is 4.39 Å². The normalized spacial score (nSPS) is 13.6. The number of rotatable bonds is 11. The molecule has 0 saturated carbocycles. The van der Waals surface area contributed by atoms with Crippen molar-refractivity contribution in [2.45, 2.75) is 25.0 Å². The molecule has 0 aliphatic rings. The summed E-state index contributed by atoms with van der Waals surface area (Å²) in [5, 5.41) is 14.1. The largest absolute Gasteiger partial charge is 0.459 e. The fourth-order valence-electron chi connectivity index (χ4n) is 2.91. The second-order valence-corrected chi connectivity index (χ2v) is 7.23. The molecule has 0 aromatic heterocycles. The average molecular weight is 465 g/mol. The van der Waals surface area contributed by atoms with Crippen LogP contribution in [0.2, 0.25) is 0 Å². The summed E-state index contributed by atoms with van der Waals surface area (Å²) in [7, 11) is 0. The number of aliphatic hydroxyl groups is 1. The van der Waals surface area contributed by atoms with E-state index in [0.717, 1.165) is 11.8 Å². The number of ether oxygens (including phenoxy) is 2. The molecule has 0 spiro atoms. The molecule has 0 aliphatic heterocycles. The maximum Gasteiger partial charge on any atom is 0.338 e. The van der Waals surface area contributed by atoms with Crippen molar-refractivity contribution in [3.8, 4) is 0 Å². The molecule has 34 heavy (non-hydrogen) atoms. The minimum Gasteiger partial charge on any atom is -0.459 e. The van der Waals surface area contributed by atoms with Crippen molar-refractivity contribution in [1.82, 2.24) is 0 Å². The number of nitrogens with zero attached hydrogens (tertiary/aromatic N) is 1. The third-order valence-electron chi connectivity index (χ3n) is 4.69. The van der Waals surface area contributed by atoms with E-state index in [1.165, 1.54) is 24.3 Å². The van der Waals surface area contributed by atoms with Gasteiger partial charge in [0.25, 0.3) is 0 Å². The van der Waals surface area contributed by atoms with Crippen LogP contribution in [0.15, 0.2) is 96.2 Å². The zero-order valence-corrected chi connectivity index (χ0v) is 18.2. The van der Waals surface area contributed by atoms with E-state index < -0.39 is 36.9 Å². The highest BCUT2D eigenvalue weighted by Crippen LogP contribution is 2.14. The Morgan fingerprint density at radius 1 is 0.853 bits per heavy atom. The molecule has 0 aliphatic carbocycles. The second-order valence-electron chi connectivity index (χ2n) is 7.23. The van der Waals surface area contributed by atoms with Crippen LogP contribution in [-0.4, -0.2) is 48.2 Å². The summed E-state index contributed by atoms with van der Waals surface area (Å²) < 4.78 is 25.2. The Morgan fingerprint density at radius 2 is 1.38 bits per heavy atom. The number of carbonyl (C=O) groups excluding carboxylic acids is 2. The van der Waals surface area contributed by atoms with Crippen molar-refractivity contribution in [2.24, 2.45) is 5.16 Å². The molecule has 1 N–H and O–H groups in total. The summed E-state index contributed by atoms with van der Waals surface area (Å²) >= 11 is 0. The number of hydrogen-bond donors (Lipinski definition) is 1. The van der Waals surface area contributed by atoms with Crippen molar-refractivity contribution in [1.29, 1.82) is 0 Å². The van der Waals surface area contributed by atoms with Crippen LogP contribution in [0.3, 0.4) is 0 Å². The van der Waals surface area contributed by atoms with Crippen LogP contribution in [0.25, 0.3) is 0 Å². The SMILES string of the molecule is O=C(OCC(O)C(OC(=O)c1ccccc1)C(F)C=NOCc1ccccc1)c1ccccc1. The third kappa shape index (κ3) is 7.53. The lowest BCUT2D eigenvalue weighted by molar-refractivity contribution is -0.0595. The molecule has 3 atom stereocenters. The minimum absolute atomic E-state index is 0.107. The third-order valence-corrected chi connectivity index (χ3v) is 4.69. The van der Waals surface area contributed by atoms with Gasteiger partial charge >= 0.3 is 11.9 Å². The number of halogens is 1. The molecular weight excluding hydrogens is 441 g/mol. The van der Waals surface area contributed by atoms with Gasteiger partial charge in [0, 0.05) is 0 Å². The summed E-state index contributed by atoms with van der Waals surface area (Å²) in [5.41, 5.74) is 1.26. The number of alkyl halides is 1. The molecule has 3 aromatic carbocycles. The van der Waals surface area contributed by atoms with Gasteiger partial charge in [-0.05, 0) is 29.8 Å². The number of hydrogen-bond acceptors (Lipinski definition) is 7. The van der Waals surface area contributed by atoms with Gasteiger partial charge in [-0.1, -0.05) is 71.9 Å². The van der Waals surface area contributed by atoms with Crippen LogP contribution in [0.5, 0.6) is 0 Å². The molecule has 3 rings (SSSR count). The first-order chi connectivity index (χ1) is 16.5. The Bertz CT molecular complexity index is 1060. The van der Waals surface area contributed by atoms with E-state index in [4.69, 9.17) is 14.3 Å². The summed E-state index contributed by atoms with van der Waals surface area (Å²) in [6, 6.07) is 25.2. The van der Waals surface area contributed by atoms with E-state index in [2.05, 4.69) is 5.16 Å². The lowest BCUT2D eigenvalue weighted by atomic mass is 10.1. The van der Waals surface area contributed by atoms with Crippen LogP contribution in [-0.2, 0) is 20.9 Å². The lowest BCUT2D eigenvalue weighted by Crippen LogP contribution is -2.43. The van der Waals surface area contributed by atoms with Crippen LogP contribution in [0.1, 0.15) is 26.3 Å². The van der Waals surface area contributed by atoms with E-state index in [9.17, 15) is 19.1 Å². The minimum atomic E-state index is -2.03. The Morgan fingerprint density at radius 3 is 1.97 bits per heavy atom. The summed E-state index contributed by atoms with van der Waals surface area (Å²) in [4.78, 5) is 29.7. The van der Waals surface area contributed by atoms with Gasteiger partial charge in [-0.15, -0.1) is 0 Å². The first-order valence-corrected chi connectivity index (χ1v) is 10.5. The molecule has 8 heteroatoms. The first kappa shape index (κ1) is 24.6. The molecule has 0 heterocycles. The predicted octanol–water partition coefficient (Wildman–Crippen LogP) is 3.97. The van der Waals surface area contributed by atoms with E-state index >= 15 is 0 Å². The zero-order valence-electron chi connectivity index (χ0n) is 18.2. The van der Waals surface area contributed by atoms with Gasteiger partial charge in [0.1, 0.15) is 19.3 Å². The summed E-state index contributed by atoms with van der Waals surface area (Å²) in [6.45, 7) is -0.491. The quantitative estimate of drug-likeness (QED) is 0.262. The number of oxime groups is 1. The van der Waals surface area contributed by atoms with E-state index in [0.29, 0.717) is 0 Å². The molecule has 0 amide bonds. The Labute approximate surface area is 196 Å². The zero-order chi connectivity index (χ0) is 24.2. The van der Waals surface area contributed by atoms with Crippen molar-refractivity contribution >= 4 is 18.2 Å². The molecule has 0 saturated heterocycles. The second kappa shape index (κ2) is 12.9. The molecule has 0 fully saturated rings. The highest BCUT2D eigenvalue weighted by Gasteiger charge is 2.33. The number of carbonyl (C=O) groups is 2. The number of aliphatic hydroxyl groups excluding tert-OH is 1. The van der Waals surface area contributed by atoms with Gasteiger partial charge in [0.2, 0.25) is 0 Å². The average Bonchev–Trinajstić information content (AvgIpc) is 2.89. The molecule has 0 bridgehead atoms. The number of benzene rings is 3. The van der Waals surface area contributed by atoms with Crippen molar-refractivity contribution in [2.75, 3.05) is 6.61 Å². The van der Waals surface area contributed by atoms with E-state index in [-0.39, 0.29) is 17.7 Å². The monoisotopic (exact) mass is 465 g/mol. The van der Waals surface area contributed by atoms with E-state index in [1.54, 1.807) is 36.4 Å². The molecular formula is C26H24FNO6. The molecule has 0 radical (unpaired) electrons. The number of esters is 2. The van der Waals surface area contributed by atoms with E-state index in [1.807, 2.05) is 30.3 Å². The molecule has 7 nitrogen and oxygen atoms in total. The predicted molar refractivity (Wildman–Crippen MR) is 123 cm³/mol. The van der Waals surface area contributed by atoms with Gasteiger partial charge in [-0.2, -0.15) is 0 Å².